The number of hydrogen-bond acceptors (Lipinski definition) is 4. The van der Waals surface area contributed by atoms with Crippen LogP contribution in [-0.2, 0) is 9.59 Å². The molecule has 4 rings (SSSR count). The van der Waals surface area contributed by atoms with Crippen LogP contribution in [0.1, 0.15) is 12.8 Å². The number of allylic oxidation sites excluding steroid dienone is 2. The zero-order chi connectivity index (χ0) is 21.1. The van der Waals surface area contributed by atoms with Gasteiger partial charge >= 0.3 is 0 Å². The lowest BCUT2D eigenvalue weighted by Gasteiger charge is -2.18. The van der Waals surface area contributed by atoms with Gasteiger partial charge in [-0.15, -0.1) is 35.7 Å². The fraction of sp³-hybridized carbons (Fsp3) is 0.500. The van der Waals surface area contributed by atoms with Gasteiger partial charge in [0.25, 0.3) is 0 Å². The van der Waals surface area contributed by atoms with Crippen LogP contribution >= 0.6 is 35.7 Å². The van der Waals surface area contributed by atoms with E-state index in [1.54, 1.807) is 30.9 Å². The van der Waals surface area contributed by atoms with Gasteiger partial charge in [-0.2, -0.15) is 0 Å². The summed E-state index contributed by atoms with van der Waals surface area (Å²) in [6, 6.07) is 6.45. The number of nitrogens with one attached hydrogen (secondary N) is 2. The molecule has 3 aliphatic rings. The number of thioether (sulfide) groups is 1. The molecule has 1 saturated heterocycles. The average molecular weight is 558 g/mol. The van der Waals surface area contributed by atoms with Crippen LogP contribution in [0.2, 0.25) is 0 Å². The number of benzene rings is 1. The van der Waals surface area contributed by atoms with Crippen LogP contribution < -0.4 is 10.6 Å². The van der Waals surface area contributed by atoms with Crippen LogP contribution in [0.4, 0.5) is 4.39 Å². The molecular formula is C22H28FIN4O2S. The predicted molar refractivity (Wildman–Crippen MR) is 131 cm³/mol. The molecule has 0 spiro atoms. The van der Waals surface area contributed by atoms with Gasteiger partial charge in [0.1, 0.15) is 5.82 Å². The summed E-state index contributed by atoms with van der Waals surface area (Å²) in [5.74, 6) is 1.60. The van der Waals surface area contributed by atoms with Gasteiger partial charge in [0.05, 0.1) is 11.8 Å². The Hall–Kier alpha value is -1.62. The molecule has 0 aromatic heterocycles. The molecule has 4 unspecified atom stereocenters. The number of rotatable bonds is 8. The van der Waals surface area contributed by atoms with Crippen LogP contribution in [0.5, 0.6) is 0 Å². The number of likely N-dealkylation sites (tertiary alicyclic amines) is 1. The first-order valence-corrected chi connectivity index (χ1v) is 11.4. The fourth-order valence-electron chi connectivity index (χ4n) is 4.72. The molecule has 6 nitrogen and oxygen atoms in total. The first-order valence-electron chi connectivity index (χ1n) is 10.4. The summed E-state index contributed by atoms with van der Waals surface area (Å²) < 4.78 is 12.9. The molecular weight excluding hydrogens is 530 g/mol. The third kappa shape index (κ3) is 5.24. The lowest BCUT2D eigenvalue weighted by molar-refractivity contribution is -0.140. The maximum atomic E-state index is 12.9. The number of hydrogen-bond donors (Lipinski definition) is 2. The Bertz CT molecular complexity index is 834. The topological polar surface area (TPSA) is 73.8 Å². The number of halogens is 2. The zero-order valence-electron chi connectivity index (χ0n) is 17.4. The molecule has 31 heavy (non-hydrogen) atoms. The Labute approximate surface area is 203 Å². The summed E-state index contributed by atoms with van der Waals surface area (Å²) in [6.07, 6.45) is 5.88. The van der Waals surface area contributed by atoms with Crippen molar-refractivity contribution >= 4 is 53.5 Å². The first kappa shape index (κ1) is 24.0. The van der Waals surface area contributed by atoms with Crippen molar-refractivity contribution in [3.63, 3.8) is 0 Å². The van der Waals surface area contributed by atoms with Crippen LogP contribution in [0.25, 0.3) is 0 Å². The molecule has 2 aliphatic carbocycles. The molecule has 1 heterocycles. The van der Waals surface area contributed by atoms with Gasteiger partial charge in [0.15, 0.2) is 5.96 Å². The number of guanidine groups is 1. The highest BCUT2D eigenvalue weighted by Crippen LogP contribution is 2.52. The summed E-state index contributed by atoms with van der Waals surface area (Å²) in [5.41, 5.74) is 0. The Morgan fingerprint density at radius 3 is 2.32 bits per heavy atom. The lowest BCUT2D eigenvalue weighted by atomic mass is 9.85. The van der Waals surface area contributed by atoms with Gasteiger partial charge in [-0.05, 0) is 48.9 Å². The largest absolute Gasteiger partial charge is 0.356 e. The van der Waals surface area contributed by atoms with E-state index in [0.29, 0.717) is 32.0 Å². The maximum absolute atomic E-state index is 12.9. The normalized spacial score (nSPS) is 26.3. The number of amides is 2. The molecule has 168 valence electrons. The summed E-state index contributed by atoms with van der Waals surface area (Å²) in [5, 5.41) is 6.47. The Balaban J connectivity index is 0.00000272. The fourth-order valence-corrected chi connectivity index (χ4v) is 5.49. The van der Waals surface area contributed by atoms with Gasteiger partial charge in [0.2, 0.25) is 11.8 Å². The highest BCUT2D eigenvalue weighted by molar-refractivity contribution is 14.0. The van der Waals surface area contributed by atoms with Crippen LogP contribution in [0.3, 0.4) is 0 Å². The van der Waals surface area contributed by atoms with Crippen molar-refractivity contribution in [2.45, 2.75) is 17.7 Å². The van der Waals surface area contributed by atoms with Gasteiger partial charge in [0, 0.05) is 37.3 Å². The molecule has 1 aromatic carbocycles. The van der Waals surface area contributed by atoms with Crippen molar-refractivity contribution in [2.24, 2.45) is 28.7 Å². The van der Waals surface area contributed by atoms with Gasteiger partial charge < -0.3 is 10.6 Å². The van der Waals surface area contributed by atoms with E-state index in [9.17, 15) is 14.0 Å². The predicted octanol–water partition coefficient (Wildman–Crippen LogP) is 2.90. The van der Waals surface area contributed by atoms with Crippen LogP contribution in [-0.4, -0.2) is 55.1 Å². The molecule has 2 fully saturated rings. The minimum atomic E-state index is -0.230. The highest BCUT2D eigenvalue weighted by Gasteiger charge is 2.58. The lowest BCUT2D eigenvalue weighted by Crippen LogP contribution is -2.40. The number of carbonyl (C=O) groups excluding carboxylic acids is 2. The first-order chi connectivity index (χ1) is 14.6. The van der Waals surface area contributed by atoms with Crippen molar-refractivity contribution in [2.75, 3.05) is 32.4 Å². The van der Waals surface area contributed by atoms with Crippen molar-refractivity contribution in [3.8, 4) is 0 Å². The number of carbonyl (C=O) groups is 2. The van der Waals surface area contributed by atoms with Crippen LogP contribution in [0.15, 0.2) is 46.3 Å². The molecule has 1 aromatic rings. The summed E-state index contributed by atoms with van der Waals surface area (Å²) in [6.45, 7) is 1.79. The monoisotopic (exact) mass is 558 g/mol. The summed E-state index contributed by atoms with van der Waals surface area (Å²) >= 11 is 1.64. The molecule has 2 amide bonds. The van der Waals surface area contributed by atoms with E-state index < -0.39 is 0 Å². The molecule has 4 atom stereocenters. The van der Waals surface area contributed by atoms with Gasteiger partial charge in [-0.25, -0.2) is 4.39 Å². The van der Waals surface area contributed by atoms with Gasteiger partial charge in [-0.3, -0.25) is 19.5 Å². The highest BCUT2D eigenvalue weighted by atomic mass is 127. The minimum Gasteiger partial charge on any atom is -0.356 e. The quantitative estimate of drug-likeness (QED) is 0.0977. The van der Waals surface area contributed by atoms with E-state index in [2.05, 4.69) is 27.8 Å². The van der Waals surface area contributed by atoms with Crippen molar-refractivity contribution in [3.05, 3.63) is 42.2 Å². The minimum absolute atomic E-state index is 0. The van der Waals surface area contributed by atoms with E-state index in [-0.39, 0.29) is 65.3 Å². The van der Waals surface area contributed by atoms with E-state index >= 15 is 0 Å². The second-order valence-electron chi connectivity index (χ2n) is 7.91. The van der Waals surface area contributed by atoms with Crippen LogP contribution in [0, 0.1) is 29.5 Å². The molecule has 1 saturated carbocycles. The molecule has 2 bridgehead atoms. The number of imide groups is 1. The average Bonchev–Trinajstić information content (AvgIpc) is 3.43. The van der Waals surface area contributed by atoms with E-state index in [4.69, 9.17) is 0 Å². The van der Waals surface area contributed by atoms with Gasteiger partial charge in [-0.1, -0.05) is 12.2 Å². The molecule has 9 heteroatoms. The van der Waals surface area contributed by atoms with E-state index in [1.807, 2.05) is 0 Å². The molecule has 2 N–H and O–H groups in total. The Morgan fingerprint density at radius 1 is 1.10 bits per heavy atom. The second kappa shape index (κ2) is 10.8. The Morgan fingerprint density at radius 2 is 1.71 bits per heavy atom. The third-order valence-electron chi connectivity index (χ3n) is 6.11. The number of aliphatic imine (C=N–C) groups is 1. The smallest absolute Gasteiger partial charge is 0.233 e. The Kier molecular flexibility index (Phi) is 8.37. The second-order valence-corrected chi connectivity index (χ2v) is 9.08. The molecule has 1 aliphatic heterocycles. The summed E-state index contributed by atoms with van der Waals surface area (Å²) in [4.78, 5) is 32.0. The standard InChI is InChI=1S/C22H27FN4O2S.HI/c1-24-22(26-10-12-30-17-7-5-16(23)6-8-17)25-9-2-11-27-20(28)18-14-3-4-15(13-14)19(18)21(27)29;/h3-8,14-15,18-19H,2,9-13H2,1H3,(H2,24,25,26);1H. The SMILES string of the molecule is CN=C(NCCCN1C(=O)C2C3C=CC(C3)C2C1=O)NCCSc1ccc(F)cc1.I. The van der Waals surface area contributed by atoms with E-state index in [0.717, 1.165) is 17.1 Å². The third-order valence-corrected chi connectivity index (χ3v) is 7.13. The van der Waals surface area contributed by atoms with Crippen molar-refractivity contribution in [1.29, 1.82) is 0 Å². The maximum Gasteiger partial charge on any atom is 0.233 e. The van der Waals surface area contributed by atoms with Crippen molar-refractivity contribution < 1.29 is 14.0 Å². The van der Waals surface area contributed by atoms with E-state index in [1.165, 1.54) is 17.0 Å². The van der Waals surface area contributed by atoms with Crippen molar-refractivity contribution in [1.82, 2.24) is 15.5 Å². The molecule has 0 radical (unpaired) electrons. The zero-order valence-corrected chi connectivity index (χ0v) is 20.6. The number of fused-ring (bicyclic) bond motifs is 5. The number of nitrogens with zero attached hydrogens (tertiary/aromatic N) is 2. The summed E-state index contributed by atoms with van der Waals surface area (Å²) in [7, 11) is 1.71.